The number of thioether (sulfide) groups is 1. The van der Waals surface area contributed by atoms with Crippen LogP contribution in [0.25, 0.3) is 0 Å². The fraction of sp³-hybridized carbons (Fsp3) is 0.211. The second kappa shape index (κ2) is 8.05. The third kappa shape index (κ3) is 4.23. The molecule has 134 valence electrons. The summed E-state index contributed by atoms with van der Waals surface area (Å²) < 4.78 is 0. The van der Waals surface area contributed by atoms with Gasteiger partial charge in [-0.15, -0.1) is 11.8 Å². The first kappa shape index (κ1) is 18.0. The van der Waals surface area contributed by atoms with Crippen molar-refractivity contribution in [2.24, 2.45) is 0 Å². The van der Waals surface area contributed by atoms with Gasteiger partial charge in [0, 0.05) is 11.4 Å². The number of carboxylic acids is 1. The summed E-state index contributed by atoms with van der Waals surface area (Å²) in [6, 6.07) is 14.1. The average molecular weight is 370 g/mol. The van der Waals surface area contributed by atoms with Crippen molar-refractivity contribution in [3.05, 3.63) is 59.7 Å². The molecular formula is C19H18N2O4S. The number of para-hydroxylation sites is 1. The second-order valence-corrected chi connectivity index (χ2v) is 6.86. The van der Waals surface area contributed by atoms with Crippen LogP contribution in [0.4, 0.5) is 5.69 Å². The Hall–Kier alpha value is -2.80. The number of nitrogens with one attached hydrogen (secondary N) is 1. The van der Waals surface area contributed by atoms with E-state index in [0.29, 0.717) is 18.7 Å². The Bertz CT molecular complexity index is 836. The van der Waals surface area contributed by atoms with Crippen molar-refractivity contribution < 1.29 is 19.5 Å². The Morgan fingerprint density at radius 1 is 1.12 bits per heavy atom. The maximum absolute atomic E-state index is 12.2. The van der Waals surface area contributed by atoms with Crippen LogP contribution in [0, 0.1) is 0 Å². The highest BCUT2D eigenvalue weighted by Crippen LogP contribution is 2.34. The van der Waals surface area contributed by atoms with Crippen LogP contribution in [0.1, 0.15) is 15.9 Å². The third-order valence-corrected chi connectivity index (χ3v) is 5.09. The molecule has 26 heavy (non-hydrogen) atoms. The molecule has 2 N–H and O–H groups in total. The zero-order chi connectivity index (χ0) is 18.5. The van der Waals surface area contributed by atoms with Gasteiger partial charge in [0.1, 0.15) is 6.54 Å². The second-order valence-electron chi connectivity index (χ2n) is 5.84. The van der Waals surface area contributed by atoms with Gasteiger partial charge in [0.25, 0.3) is 0 Å². The van der Waals surface area contributed by atoms with Gasteiger partial charge >= 0.3 is 5.97 Å². The van der Waals surface area contributed by atoms with E-state index < -0.39 is 5.97 Å². The lowest BCUT2D eigenvalue weighted by Gasteiger charge is -2.28. The molecule has 0 unspecified atom stereocenters. The van der Waals surface area contributed by atoms with Crippen molar-refractivity contribution in [1.29, 1.82) is 0 Å². The molecule has 0 fully saturated rings. The SMILES string of the molecule is O=C(CN1C(=O)CSc2ccccc21)NCCc1ccc(C(=O)O)cc1. The zero-order valence-electron chi connectivity index (χ0n) is 14.0. The normalized spacial score (nSPS) is 13.2. The molecule has 0 spiro atoms. The van der Waals surface area contributed by atoms with Crippen LogP contribution >= 0.6 is 11.8 Å². The van der Waals surface area contributed by atoms with E-state index in [1.54, 1.807) is 24.3 Å². The highest BCUT2D eigenvalue weighted by molar-refractivity contribution is 8.00. The Balaban J connectivity index is 1.53. The number of anilines is 1. The van der Waals surface area contributed by atoms with Crippen molar-refractivity contribution in [2.45, 2.75) is 11.3 Å². The molecule has 6 nitrogen and oxygen atoms in total. The highest BCUT2D eigenvalue weighted by Gasteiger charge is 2.25. The Morgan fingerprint density at radius 3 is 2.58 bits per heavy atom. The molecule has 7 heteroatoms. The van der Waals surface area contributed by atoms with Gasteiger partial charge in [0.15, 0.2) is 0 Å². The lowest BCUT2D eigenvalue weighted by Crippen LogP contribution is -2.43. The smallest absolute Gasteiger partial charge is 0.335 e. The molecule has 3 rings (SSSR count). The molecule has 0 aliphatic carbocycles. The van der Waals surface area contributed by atoms with Crippen molar-refractivity contribution in [3.63, 3.8) is 0 Å². The predicted octanol–water partition coefficient (Wildman–Crippen LogP) is 2.18. The van der Waals surface area contributed by atoms with Gasteiger partial charge in [-0.2, -0.15) is 0 Å². The van der Waals surface area contributed by atoms with E-state index >= 15 is 0 Å². The van der Waals surface area contributed by atoms with E-state index in [1.807, 2.05) is 24.3 Å². The van der Waals surface area contributed by atoms with Crippen LogP contribution < -0.4 is 10.2 Å². The average Bonchev–Trinajstić information content (AvgIpc) is 2.64. The number of carboxylic acid groups (broad SMARTS) is 1. The number of amides is 2. The van der Waals surface area contributed by atoms with Crippen molar-refractivity contribution in [2.75, 3.05) is 23.7 Å². The van der Waals surface area contributed by atoms with Crippen molar-refractivity contribution in [3.8, 4) is 0 Å². The Kier molecular flexibility index (Phi) is 5.58. The molecule has 0 radical (unpaired) electrons. The highest BCUT2D eigenvalue weighted by atomic mass is 32.2. The van der Waals surface area contributed by atoms with E-state index in [2.05, 4.69) is 5.32 Å². The molecule has 0 aromatic heterocycles. The fourth-order valence-corrected chi connectivity index (χ4v) is 3.62. The van der Waals surface area contributed by atoms with Crippen LogP contribution in [0.3, 0.4) is 0 Å². The Morgan fingerprint density at radius 2 is 1.85 bits per heavy atom. The quantitative estimate of drug-likeness (QED) is 0.814. The standard InChI is InChI=1S/C19H18N2O4S/c22-17(20-10-9-13-5-7-14(8-6-13)19(24)25)11-21-15-3-1-2-4-16(15)26-12-18(21)23/h1-8H,9-12H2,(H,20,22)(H,24,25). The first-order valence-corrected chi connectivity index (χ1v) is 9.14. The van der Waals surface area contributed by atoms with Gasteiger partial charge in [-0.3, -0.25) is 9.59 Å². The summed E-state index contributed by atoms with van der Waals surface area (Å²) in [7, 11) is 0. The van der Waals surface area contributed by atoms with Crippen LogP contribution in [0.2, 0.25) is 0 Å². The largest absolute Gasteiger partial charge is 0.478 e. The summed E-state index contributed by atoms with van der Waals surface area (Å²) in [5.74, 6) is -0.926. The predicted molar refractivity (Wildman–Crippen MR) is 99.6 cm³/mol. The van der Waals surface area contributed by atoms with Gasteiger partial charge in [0.2, 0.25) is 11.8 Å². The summed E-state index contributed by atoms with van der Waals surface area (Å²) >= 11 is 1.48. The fourth-order valence-electron chi connectivity index (χ4n) is 2.69. The number of carbonyl (C=O) groups is 3. The molecule has 0 saturated heterocycles. The molecular weight excluding hydrogens is 352 g/mol. The Labute approximate surface area is 155 Å². The maximum Gasteiger partial charge on any atom is 0.335 e. The van der Waals surface area contributed by atoms with E-state index in [-0.39, 0.29) is 23.9 Å². The number of rotatable bonds is 6. The van der Waals surface area contributed by atoms with Crippen LogP contribution in [-0.4, -0.2) is 41.7 Å². The van der Waals surface area contributed by atoms with E-state index in [4.69, 9.17) is 5.11 Å². The minimum Gasteiger partial charge on any atom is -0.478 e. The number of carbonyl (C=O) groups excluding carboxylic acids is 2. The van der Waals surface area contributed by atoms with Gasteiger partial charge in [-0.05, 0) is 36.2 Å². The first-order valence-electron chi connectivity index (χ1n) is 8.16. The number of hydrogen-bond acceptors (Lipinski definition) is 4. The summed E-state index contributed by atoms with van der Waals surface area (Å²) in [5, 5.41) is 11.7. The molecule has 0 saturated carbocycles. The van der Waals surface area contributed by atoms with E-state index in [0.717, 1.165) is 16.1 Å². The molecule has 1 aliphatic rings. The monoisotopic (exact) mass is 370 g/mol. The van der Waals surface area contributed by atoms with E-state index in [1.165, 1.54) is 16.7 Å². The number of nitrogens with zero attached hydrogens (tertiary/aromatic N) is 1. The molecule has 0 atom stereocenters. The molecule has 1 aliphatic heterocycles. The van der Waals surface area contributed by atoms with Gasteiger partial charge in [-0.1, -0.05) is 24.3 Å². The van der Waals surface area contributed by atoms with Crippen LogP contribution in [0.15, 0.2) is 53.4 Å². The molecule has 2 aromatic carbocycles. The minimum absolute atomic E-state index is 0.00560. The lowest BCUT2D eigenvalue weighted by atomic mass is 10.1. The summed E-state index contributed by atoms with van der Waals surface area (Å²) in [4.78, 5) is 37.7. The van der Waals surface area contributed by atoms with Crippen molar-refractivity contribution in [1.82, 2.24) is 5.32 Å². The first-order chi connectivity index (χ1) is 12.5. The van der Waals surface area contributed by atoms with Crippen LogP contribution in [0.5, 0.6) is 0 Å². The molecule has 0 bridgehead atoms. The molecule has 1 heterocycles. The lowest BCUT2D eigenvalue weighted by molar-refractivity contribution is -0.122. The van der Waals surface area contributed by atoms with Gasteiger partial charge in [0.05, 0.1) is 17.0 Å². The number of aromatic carboxylic acids is 1. The van der Waals surface area contributed by atoms with Gasteiger partial charge in [-0.25, -0.2) is 4.79 Å². The summed E-state index contributed by atoms with van der Waals surface area (Å²) in [6.45, 7) is 0.415. The molecule has 2 amide bonds. The van der Waals surface area contributed by atoms with E-state index in [9.17, 15) is 14.4 Å². The number of fused-ring (bicyclic) bond motifs is 1. The van der Waals surface area contributed by atoms with Gasteiger partial charge < -0.3 is 15.3 Å². The third-order valence-electron chi connectivity index (χ3n) is 4.05. The topological polar surface area (TPSA) is 86.7 Å². The minimum atomic E-state index is -0.963. The van der Waals surface area contributed by atoms with Crippen molar-refractivity contribution >= 4 is 35.2 Å². The number of hydrogen-bond donors (Lipinski definition) is 2. The maximum atomic E-state index is 12.2. The number of benzene rings is 2. The summed E-state index contributed by atoms with van der Waals surface area (Å²) in [6.07, 6.45) is 0.589. The zero-order valence-corrected chi connectivity index (χ0v) is 14.8. The molecule has 2 aromatic rings. The summed E-state index contributed by atoms with van der Waals surface area (Å²) in [5.41, 5.74) is 1.94. The van der Waals surface area contributed by atoms with Crippen LogP contribution in [-0.2, 0) is 16.0 Å².